The van der Waals surface area contributed by atoms with Gasteiger partial charge in [-0.25, -0.2) is 4.98 Å². The highest BCUT2D eigenvalue weighted by atomic mass is 35.5. The van der Waals surface area contributed by atoms with E-state index in [0.29, 0.717) is 13.8 Å². The summed E-state index contributed by atoms with van der Waals surface area (Å²) in [5.41, 5.74) is -0.367. The van der Waals surface area contributed by atoms with Crippen molar-refractivity contribution in [2.45, 2.75) is 38.2 Å². The average Bonchev–Trinajstić information content (AvgIpc) is 2.53. The molecule has 0 bridgehead atoms. The highest BCUT2D eigenvalue weighted by molar-refractivity contribution is 6.29. The number of aromatic nitrogens is 4. The van der Waals surface area contributed by atoms with E-state index in [4.69, 9.17) is 15.7 Å². The average molecular weight is 418 g/mol. The van der Waals surface area contributed by atoms with Gasteiger partial charge in [-0.2, -0.15) is 41.3 Å². The van der Waals surface area contributed by atoms with E-state index in [1.807, 2.05) is 0 Å². The third-order valence-electron chi connectivity index (χ3n) is 2.96. The zero-order valence-electron chi connectivity index (χ0n) is 16.6. The Morgan fingerprint density at radius 2 is 1.44 bits per heavy atom. The van der Waals surface area contributed by atoms with Gasteiger partial charge in [0.1, 0.15) is 22.9 Å². The Morgan fingerprint density at radius 3 is 1.89 bits per heavy atom. The summed E-state index contributed by atoms with van der Waals surface area (Å²) < 4.78 is 101. The first kappa shape index (κ1) is 16.8. The topological polar surface area (TPSA) is 75.6 Å². The van der Waals surface area contributed by atoms with Crippen LogP contribution in [0.3, 0.4) is 0 Å². The maximum absolute atomic E-state index is 13.0. The van der Waals surface area contributed by atoms with E-state index in [2.05, 4.69) is 19.9 Å². The Balaban J connectivity index is 2.61. The van der Waals surface area contributed by atoms with Gasteiger partial charge < -0.3 is 10.6 Å². The standard InChI is InChI=1S/C14H13ClF6N6/c1-6(13(16,17)18)22-11-25-10(8-4-3-5-9(15)24-8)26-12(27-11)23-7(2)14(19,20)21/h3-7H,1-2H3,(H2,22,23,25,26,27)/t6-,7-/m1/s1/i4D,6D,7D. The van der Waals surface area contributed by atoms with Gasteiger partial charge in [-0.3, -0.25) is 0 Å². The Morgan fingerprint density at radius 1 is 0.963 bits per heavy atom. The van der Waals surface area contributed by atoms with Gasteiger partial charge in [0.25, 0.3) is 0 Å². The van der Waals surface area contributed by atoms with Gasteiger partial charge >= 0.3 is 12.4 Å². The van der Waals surface area contributed by atoms with Crippen LogP contribution in [-0.4, -0.2) is 44.3 Å². The molecule has 0 amide bonds. The molecule has 2 aromatic rings. The Kier molecular flexibility index (Phi) is 4.79. The van der Waals surface area contributed by atoms with Crippen LogP contribution in [0, 0.1) is 0 Å². The number of hydrogen-bond donors (Lipinski definition) is 2. The molecular weight excluding hydrogens is 402 g/mol. The summed E-state index contributed by atoms with van der Waals surface area (Å²) in [4.78, 5) is 14.4. The number of nitrogens with zero attached hydrogens (tertiary/aromatic N) is 4. The van der Waals surface area contributed by atoms with Crippen LogP contribution in [0.2, 0.25) is 5.15 Å². The zero-order chi connectivity index (χ0) is 23.1. The third-order valence-corrected chi connectivity index (χ3v) is 3.17. The van der Waals surface area contributed by atoms with Crippen LogP contribution in [0.1, 0.15) is 18.0 Å². The highest BCUT2D eigenvalue weighted by Crippen LogP contribution is 2.26. The minimum absolute atomic E-state index is 0.147. The normalized spacial score (nSPS) is 18.5. The van der Waals surface area contributed by atoms with E-state index in [-0.39, 0.29) is 16.9 Å². The van der Waals surface area contributed by atoms with Gasteiger partial charge in [0, 0.05) is 0 Å². The molecule has 2 N–H and O–H groups in total. The maximum atomic E-state index is 13.0. The number of anilines is 2. The molecule has 148 valence electrons. The molecule has 0 aromatic carbocycles. The Labute approximate surface area is 158 Å². The van der Waals surface area contributed by atoms with Crippen LogP contribution in [-0.2, 0) is 0 Å². The van der Waals surface area contributed by atoms with Crippen LogP contribution in [0.4, 0.5) is 38.2 Å². The molecule has 0 unspecified atom stereocenters. The van der Waals surface area contributed by atoms with Gasteiger partial charge in [-0.15, -0.1) is 0 Å². The van der Waals surface area contributed by atoms with Crippen LogP contribution in [0.15, 0.2) is 18.2 Å². The van der Waals surface area contributed by atoms with Gasteiger partial charge in [0.05, 0.1) is 4.11 Å². The predicted molar refractivity (Wildman–Crippen MR) is 86.3 cm³/mol. The van der Waals surface area contributed by atoms with E-state index in [0.717, 1.165) is 6.07 Å². The van der Waals surface area contributed by atoms with Gasteiger partial charge in [0.2, 0.25) is 11.9 Å². The molecule has 0 aliphatic carbocycles. The molecule has 0 spiro atoms. The van der Waals surface area contributed by atoms with Crippen molar-refractivity contribution in [3.8, 4) is 11.5 Å². The summed E-state index contributed by atoms with van der Waals surface area (Å²) in [5, 5.41) is 3.14. The van der Waals surface area contributed by atoms with Crippen LogP contribution in [0.25, 0.3) is 11.5 Å². The smallest absolute Gasteiger partial charge is 0.343 e. The van der Waals surface area contributed by atoms with Gasteiger partial charge in [0.15, 0.2) is 5.82 Å². The van der Waals surface area contributed by atoms with Crippen LogP contribution in [0.5, 0.6) is 0 Å². The fourth-order valence-electron chi connectivity index (χ4n) is 1.55. The number of alkyl halides is 6. The van der Waals surface area contributed by atoms with Crippen molar-refractivity contribution in [2.24, 2.45) is 0 Å². The lowest BCUT2D eigenvalue weighted by Crippen LogP contribution is -2.35. The van der Waals surface area contributed by atoms with E-state index < -0.39 is 42.1 Å². The molecule has 0 saturated carbocycles. The number of rotatable bonds is 5. The predicted octanol–water partition coefficient (Wildman–Crippen LogP) is 4.31. The number of nitrogens with one attached hydrogen (secondary N) is 2. The van der Waals surface area contributed by atoms with Crippen LogP contribution < -0.4 is 10.6 Å². The van der Waals surface area contributed by atoms with Crippen molar-refractivity contribution in [3.63, 3.8) is 0 Å². The summed E-state index contributed by atoms with van der Waals surface area (Å²) in [6.07, 6.45) is -10.2. The molecule has 0 fully saturated rings. The fraction of sp³-hybridized carbons (Fsp3) is 0.429. The lowest BCUT2D eigenvalue weighted by atomic mass is 10.3. The molecule has 2 atom stereocenters. The minimum Gasteiger partial charge on any atom is -0.343 e. The Hall–Kier alpha value is -2.37. The molecular formula is C14H13ClF6N6. The molecule has 2 rings (SSSR count). The first-order valence-corrected chi connectivity index (χ1v) is 7.40. The van der Waals surface area contributed by atoms with Crippen molar-refractivity contribution in [3.05, 3.63) is 23.3 Å². The second kappa shape index (κ2) is 7.71. The quantitative estimate of drug-likeness (QED) is 0.557. The highest BCUT2D eigenvalue weighted by Gasteiger charge is 2.38. The van der Waals surface area contributed by atoms with Crippen molar-refractivity contribution in [2.75, 3.05) is 10.6 Å². The molecule has 27 heavy (non-hydrogen) atoms. The third kappa shape index (κ3) is 5.81. The van der Waals surface area contributed by atoms with E-state index >= 15 is 0 Å². The fourth-order valence-corrected chi connectivity index (χ4v) is 1.70. The first-order chi connectivity index (χ1) is 13.4. The molecule has 6 nitrogen and oxygen atoms in total. The van der Waals surface area contributed by atoms with Crippen molar-refractivity contribution < 1.29 is 30.5 Å². The zero-order valence-corrected chi connectivity index (χ0v) is 14.3. The number of halogens is 7. The first-order valence-electron chi connectivity index (χ1n) is 8.52. The summed E-state index contributed by atoms with van der Waals surface area (Å²) in [6, 6.07) is -4.59. The lowest BCUT2D eigenvalue weighted by molar-refractivity contribution is -0.139. The summed E-state index contributed by atoms with van der Waals surface area (Å²) in [5.74, 6) is -2.47. The SMILES string of the molecule is [2H]c1ccc(Cl)nc1-c1nc(N[C@]([2H])(C)C(F)(F)F)nc(N[C@]([2H])(C)C(F)(F)F)n1. The Bertz CT molecular complexity index is 891. The summed E-state index contributed by atoms with van der Waals surface area (Å²) >= 11 is 5.72. The maximum Gasteiger partial charge on any atom is 0.408 e. The molecule has 2 heterocycles. The van der Waals surface area contributed by atoms with Crippen molar-refractivity contribution >= 4 is 23.5 Å². The molecule has 0 aliphatic heterocycles. The summed E-state index contributed by atoms with van der Waals surface area (Å²) in [7, 11) is 0. The second-order valence-corrected chi connectivity index (χ2v) is 5.45. The molecule has 0 aliphatic rings. The number of hydrogen-bond acceptors (Lipinski definition) is 6. The van der Waals surface area contributed by atoms with E-state index in [1.165, 1.54) is 6.07 Å². The molecule has 13 heteroatoms. The molecule has 2 aromatic heterocycles. The van der Waals surface area contributed by atoms with E-state index in [1.54, 1.807) is 10.6 Å². The molecule has 0 radical (unpaired) electrons. The number of pyridine rings is 1. The molecule has 0 saturated heterocycles. The van der Waals surface area contributed by atoms with Gasteiger partial charge in [-0.1, -0.05) is 17.7 Å². The summed E-state index contributed by atoms with van der Waals surface area (Å²) in [6.45, 7) is 0.864. The van der Waals surface area contributed by atoms with E-state index in [9.17, 15) is 26.3 Å². The largest absolute Gasteiger partial charge is 0.408 e. The van der Waals surface area contributed by atoms with Crippen LogP contribution >= 0.6 is 11.6 Å². The van der Waals surface area contributed by atoms with Gasteiger partial charge in [-0.05, 0) is 26.0 Å². The minimum atomic E-state index is -5.10. The monoisotopic (exact) mass is 417 g/mol. The van der Waals surface area contributed by atoms with Crippen molar-refractivity contribution in [1.82, 2.24) is 19.9 Å². The lowest BCUT2D eigenvalue weighted by Gasteiger charge is -2.20. The second-order valence-electron chi connectivity index (χ2n) is 5.06. The van der Waals surface area contributed by atoms with Crippen molar-refractivity contribution in [1.29, 1.82) is 0 Å².